The van der Waals surface area contributed by atoms with Gasteiger partial charge in [0.05, 0.1) is 25.4 Å². The molecule has 0 radical (unpaired) electrons. The van der Waals surface area contributed by atoms with E-state index in [0.29, 0.717) is 44.2 Å². The van der Waals surface area contributed by atoms with Gasteiger partial charge in [-0.1, -0.05) is 6.07 Å². The first kappa shape index (κ1) is 16.1. The number of benzene rings is 1. The predicted octanol–water partition coefficient (Wildman–Crippen LogP) is 0.986. The fourth-order valence-corrected chi connectivity index (χ4v) is 3.01. The fraction of sp³-hybridized carbons (Fsp3) is 0.529. The third kappa shape index (κ3) is 3.02. The van der Waals surface area contributed by atoms with Gasteiger partial charge in [0.15, 0.2) is 0 Å². The van der Waals surface area contributed by atoms with Gasteiger partial charge in [-0.3, -0.25) is 14.5 Å². The minimum absolute atomic E-state index is 0.359. The number of carbonyl (C=O) groups excluding carboxylic acids is 2. The van der Waals surface area contributed by atoms with Gasteiger partial charge in [0.25, 0.3) is 5.78 Å². The summed E-state index contributed by atoms with van der Waals surface area (Å²) in [5, 5.41) is 0. The number of hydrogen-bond donors (Lipinski definition) is 0. The summed E-state index contributed by atoms with van der Waals surface area (Å²) in [5.41, 5.74) is 2.32. The number of hydrogen-bond acceptors (Lipinski definition) is 6. The Kier molecular flexibility index (Phi) is 4.75. The van der Waals surface area contributed by atoms with E-state index in [-0.39, 0.29) is 0 Å². The second-order valence-corrected chi connectivity index (χ2v) is 5.78. The maximum absolute atomic E-state index is 12.4. The first-order valence-electron chi connectivity index (χ1n) is 7.82. The fourth-order valence-electron chi connectivity index (χ4n) is 3.01. The molecule has 0 spiro atoms. The summed E-state index contributed by atoms with van der Waals surface area (Å²) >= 11 is 0. The summed E-state index contributed by atoms with van der Waals surface area (Å²) in [6, 6.07) is 3.56. The topological polar surface area (TPSA) is 65.1 Å². The highest BCUT2D eigenvalue weighted by Gasteiger charge is 2.40. The Labute approximate surface area is 135 Å². The van der Waals surface area contributed by atoms with Gasteiger partial charge < -0.3 is 14.2 Å². The van der Waals surface area contributed by atoms with Crippen molar-refractivity contribution < 1.29 is 23.8 Å². The molecular weight excluding hydrogens is 298 g/mol. The number of ketones is 2. The van der Waals surface area contributed by atoms with E-state index >= 15 is 0 Å². The summed E-state index contributed by atoms with van der Waals surface area (Å²) in [4.78, 5) is 26.7. The lowest BCUT2D eigenvalue weighted by atomic mass is 9.95. The van der Waals surface area contributed by atoms with Crippen molar-refractivity contribution in [3.63, 3.8) is 0 Å². The van der Waals surface area contributed by atoms with E-state index in [1.807, 2.05) is 17.9 Å². The normalized spacial score (nSPS) is 21.9. The molecule has 1 aromatic rings. The number of ether oxygens (including phenoxy) is 3. The zero-order valence-electron chi connectivity index (χ0n) is 13.5. The molecule has 2 aliphatic rings. The molecule has 0 amide bonds. The average Bonchev–Trinajstić information content (AvgIpc) is 2.58. The van der Waals surface area contributed by atoms with Gasteiger partial charge in [-0.2, -0.15) is 0 Å². The molecule has 1 unspecified atom stereocenters. The number of carbonyl (C=O) groups is 2. The minimum Gasteiger partial charge on any atom is -0.466 e. The van der Waals surface area contributed by atoms with Crippen molar-refractivity contribution in [3.05, 3.63) is 28.8 Å². The summed E-state index contributed by atoms with van der Waals surface area (Å²) < 4.78 is 16.4. The van der Waals surface area contributed by atoms with Crippen LogP contribution >= 0.6 is 0 Å². The Morgan fingerprint density at radius 2 is 2.00 bits per heavy atom. The molecule has 23 heavy (non-hydrogen) atoms. The second kappa shape index (κ2) is 6.78. The molecular formula is C17H21NO5. The monoisotopic (exact) mass is 319 g/mol. The van der Waals surface area contributed by atoms with Crippen LogP contribution in [-0.4, -0.2) is 62.7 Å². The van der Waals surface area contributed by atoms with E-state index in [0.717, 1.165) is 17.5 Å². The van der Waals surface area contributed by atoms with Crippen molar-refractivity contribution in [3.8, 4) is 5.75 Å². The van der Waals surface area contributed by atoms with Gasteiger partial charge >= 0.3 is 0 Å². The lowest BCUT2D eigenvalue weighted by molar-refractivity contribution is -0.134. The molecule has 0 bridgehead atoms. The molecule has 6 nitrogen and oxygen atoms in total. The smallest absolute Gasteiger partial charge is 0.259 e. The lowest BCUT2D eigenvalue weighted by Gasteiger charge is -2.36. The van der Waals surface area contributed by atoms with Crippen LogP contribution in [-0.2, 0) is 20.7 Å². The number of fused-ring (bicyclic) bond motifs is 1. The third-order valence-electron chi connectivity index (χ3n) is 4.39. The van der Waals surface area contributed by atoms with Crippen LogP contribution in [0.4, 0.5) is 0 Å². The van der Waals surface area contributed by atoms with E-state index in [1.165, 1.54) is 0 Å². The van der Waals surface area contributed by atoms with Gasteiger partial charge in [0.1, 0.15) is 5.75 Å². The van der Waals surface area contributed by atoms with Crippen LogP contribution < -0.4 is 4.74 Å². The molecule has 2 heterocycles. The van der Waals surface area contributed by atoms with Crippen LogP contribution in [0.15, 0.2) is 12.1 Å². The largest absolute Gasteiger partial charge is 0.466 e. The molecule has 124 valence electrons. The van der Waals surface area contributed by atoms with Crippen molar-refractivity contribution in [2.45, 2.75) is 19.6 Å². The minimum atomic E-state index is -0.838. The summed E-state index contributed by atoms with van der Waals surface area (Å²) in [7, 11) is 1.65. The number of methoxy groups -OCH3 is 1. The van der Waals surface area contributed by atoms with E-state index in [4.69, 9.17) is 14.2 Å². The van der Waals surface area contributed by atoms with Crippen LogP contribution in [0.25, 0.3) is 0 Å². The molecule has 6 heteroatoms. The van der Waals surface area contributed by atoms with Crippen LogP contribution in [0.1, 0.15) is 21.5 Å². The highest BCUT2D eigenvalue weighted by Crippen LogP contribution is 2.33. The second-order valence-electron chi connectivity index (χ2n) is 5.78. The Morgan fingerprint density at radius 1 is 1.26 bits per heavy atom. The SMILES string of the molecule is COCCc1ccc2c(c1C)OC(N1CCOCC1)C(=O)C2=O. The van der Waals surface area contributed by atoms with Gasteiger partial charge in [0.2, 0.25) is 12.0 Å². The lowest BCUT2D eigenvalue weighted by Crippen LogP contribution is -2.54. The molecule has 1 atom stereocenters. The van der Waals surface area contributed by atoms with E-state index < -0.39 is 17.8 Å². The molecule has 2 aliphatic heterocycles. The Morgan fingerprint density at radius 3 is 2.70 bits per heavy atom. The van der Waals surface area contributed by atoms with Gasteiger partial charge in [0, 0.05) is 20.2 Å². The van der Waals surface area contributed by atoms with Crippen molar-refractivity contribution in [2.24, 2.45) is 0 Å². The van der Waals surface area contributed by atoms with Crippen LogP contribution in [0.2, 0.25) is 0 Å². The zero-order valence-corrected chi connectivity index (χ0v) is 13.5. The number of morpholine rings is 1. The summed E-state index contributed by atoms with van der Waals surface area (Å²) in [6.45, 7) is 4.77. The van der Waals surface area contributed by atoms with Crippen molar-refractivity contribution >= 4 is 11.6 Å². The van der Waals surface area contributed by atoms with Gasteiger partial charge in [-0.05, 0) is 30.5 Å². The highest BCUT2D eigenvalue weighted by molar-refractivity contribution is 6.46. The Bertz CT molecular complexity index is 622. The van der Waals surface area contributed by atoms with E-state index in [9.17, 15) is 9.59 Å². The predicted molar refractivity (Wildman–Crippen MR) is 82.9 cm³/mol. The average molecular weight is 319 g/mol. The van der Waals surface area contributed by atoms with Gasteiger partial charge in [-0.15, -0.1) is 0 Å². The van der Waals surface area contributed by atoms with Gasteiger partial charge in [-0.25, -0.2) is 0 Å². The van der Waals surface area contributed by atoms with Crippen LogP contribution in [0.3, 0.4) is 0 Å². The van der Waals surface area contributed by atoms with Crippen molar-refractivity contribution in [1.82, 2.24) is 4.90 Å². The maximum Gasteiger partial charge on any atom is 0.259 e. The summed E-state index contributed by atoms with van der Waals surface area (Å²) in [5.74, 6) is -0.438. The quantitative estimate of drug-likeness (QED) is 0.771. The molecule has 1 fully saturated rings. The number of Topliss-reactive ketones (excluding diaryl/α,β-unsaturated/α-hetero) is 2. The highest BCUT2D eigenvalue weighted by atomic mass is 16.5. The van der Waals surface area contributed by atoms with Crippen molar-refractivity contribution in [2.75, 3.05) is 40.0 Å². The molecule has 0 saturated carbocycles. The molecule has 0 N–H and O–H groups in total. The number of rotatable bonds is 4. The van der Waals surface area contributed by atoms with E-state index in [1.54, 1.807) is 13.2 Å². The molecule has 0 aromatic heterocycles. The van der Waals surface area contributed by atoms with Crippen LogP contribution in [0.5, 0.6) is 5.75 Å². The molecule has 3 rings (SSSR count). The molecule has 1 saturated heterocycles. The standard InChI is InChI=1S/C17H21NO5/c1-11-12(5-8-21-2)3-4-13-14(19)15(20)17(23-16(11)13)18-6-9-22-10-7-18/h3-4,17H,5-10H2,1-2H3. The first-order chi connectivity index (χ1) is 11.1. The Hall–Kier alpha value is -1.76. The third-order valence-corrected chi connectivity index (χ3v) is 4.39. The van der Waals surface area contributed by atoms with Crippen LogP contribution in [0, 0.1) is 6.92 Å². The summed E-state index contributed by atoms with van der Waals surface area (Å²) in [6.07, 6.45) is -0.0983. The maximum atomic E-state index is 12.4. The van der Waals surface area contributed by atoms with Crippen molar-refractivity contribution in [1.29, 1.82) is 0 Å². The van der Waals surface area contributed by atoms with E-state index in [2.05, 4.69) is 0 Å². The molecule has 0 aliphatic carbocycles. The Balaban J connectivity index is 1.92. The zero-order chi connectivity index (χ0) is 16.4. The first-order valence-corrected chi connectivity index (χ1v) is 7.82. The number of nitrogens with zero attached hydrogens (tertiary/aromatic N) is 1. The molecule has 1 aromatic carbocycles.